The number of rotatable bonds is 2. The third-order valence-corrected chi connectivity index (χ3v) is 2.87. The number of aryl methyl sites for hydroxylation is 1. The number of aromatic amines is 1. The molecule has 0 unspecified atom stereocenters. The number of H-pyrrole nitrogens is 1. The highest BCUT2D eigenvalue weighted by atomic mass is 35.5. The molecule has 84 valence electrons. The Hall–Kier alpha value is -1.17. The van der Waals surface area contributed by atoms with Crippen molar-refractivity contribution in [2.24, 2.45) is 0 Å². The fourth-order valence-corrected chi connectivity index (χ4v) is 2.12. The largest absolute Gasteiger partial charge is 0.388 e. The maximum absolute atomic E-state index is 9.18. The smallest absolute Gasteiger partial charge is 0.199 e. The first kappa shape index (κ1) is 11.3. The molecule has 0 saturated carbocycles. The number of nitrogens with one attached hydrogen (secondary N) is 1. The van der Waals surface area contributed by atoms with E-state index in [9.17, 15) is 5.11 Å². The van der Waals surface area contributed by atoms with Gasteiger partial charge in [-0.3, -0.25) is 9.67 Å². The molecule has 0 fully saturated rings. The molecular formula is C10H10ClN3OS. The van der Waals surface area contributed by atoms with Crippen molar-refractivity contribution in [3.8, 4) is 5.69 Å². The average Bonchev–Trinajstić information content (AvgIpc) is 2.60. The Kier molecular flexibility index (Phi) is 3.09. The minimum absolute atomic E-state index is 0.197. The van der Waals surface area contributed by atoms with Crippen molar-refractivity contribution in [3.05, 3.63) is 39.4 Å². The number of aromatic nitrogens is 3. The molecule has 4 nitrogen and oxygen atoms in total. The Balaban J connectivity index is 2.76. The minimum atomic E-state index is -0.197. The lowest BCUT2D eigenvalue weighted by atomic mass is 10.2. The van der Waals surface area contributed by atoms with Crippen LogP contribution in [0.25, 0.3) is 5.69 Å². The van der Waals surface area contributed by atoms with Gasteiger partial charge in [0.2, 0.25) is 0 Å². The SMILES string of the molecule is Cc1cccc(Cl)c1-n1c(CO)n[nH]c1=S. The summed E-state index contributed by atoms with van der Waals surface area (Å²) in [6.45, 7) is 1.73. The zero-order valence-corrected chi connectivity index (χ0v) is 10.1. The van der Waals surface area contributed by atoms with Crippen LogP contribution in [-0.2, 0) is 6.61 Å². The van der Waals surface area contributed by atoms with Gasteiger partial charge in [0.1, 0.15) is 6.61 Å². The Labute approximate surface area is 103 Å². The minimum Gasteiger partial charge on any atom is -0.388 e. The second-order valence-corrected chi connectivity index (χ2v) is 4.14. The summed E-state index contributed by atoms with van der Waals surface area (Å²) in [5, 5.41) is 16.3. The Morgan fingerprint density at radius 3 is 2.94 bits per heavy atom. The van der Waals surface area contributed by atoms with Gasteiger partial charge in [-0.25, -0.2) is 0 Å². The van der Waals surface area contributed by atoms with Crippen molar-refractivity contribution in [1.29, 1.82) is 0 Å². The normalized spacial score (nSPS) is 10.7. The molecule has 0 atom stereocenters. The topological polar surface area (TPSA) is 53.8 Å². The Morgan fingerprint density at radius 2 is 2.31 bits per heavy atom. The molecule has 0 radical (unpaired) electrons. The first-order valence-corrected chi connectivity index (χ1v) is 5.46. The lowest BCUT2D eigenvalue weighted by molar-refractivity contribution is 0.268. The molecule has 0 amide bonds. The number of benzene rings is 1. The van der Waals surface area contributed by atoms with Gasteiger partial charge in [0.05, 0.1) is 10.7 Å². The fourth-order valence-electron chi connectivity index (χ4n) is 1.57. The molecule has 0 aliphatic heterocycles. The predicted molar refractivity (Wildman–Crippen MR) is 64.4 cm³/mol. The molecule has 6 heteroatoms. The lowest BCUT2D eigenvalue weighted by Crippen LogP contribution is -2.04. The van der Waals surface area contributed by atoms with Crippen LogP contribution in [-0.4, -0.2) is 19.9 Å². The summed E-state index contributed by atoms with van der Waals surface area (Å²) in [4.78, 5) is 0. The van der Waals surface area contributed by atoms with E-state index < -0.39 is 0 Å². The molecule has 0 aliphatic rings. The van der Waals surface area contributed by atoms with Gasteiger partial charge >= 0.3 is 0 Å². The van der Waals surface area contributed by atoms with Crippen molar-refractivity contribution in [3.63, 3.8) is 0 Å². The predicted octanol–water partition coefficient (Wildman–Crippen LogP) is 2.38. The van der Waals surface area contributed by atoms with Crippen LogP contribution in [0.2, 0.25) is 5.02 Å². The van der Waals surface area contributed by atoms with Gasteiger partial charge in [0.25, 0.3) is 0 Å². The van der Waals surface area contributed by atoms with Crippen molar-refractivity contribution >= 4 is 23.8 Å². The van der Waals surface area contributed by atoms with Gasteiger partial charge in [-0.2, -0.15) is 5.10 Å². The fraction of sp³-hybridized carbons (Fsp3) is 0.200. The van der Waals surface area contributed by atoms with Crippen molar-refractivity contribution in [1.82, 2.24) is 14.8 Å². The van der Waals surface area contributed by atoms with Crippen LogP contribution in [0.4, 0.5) is 0 Å². The third-order valence-electron chi connectivity index (χ3n) is 2.30. The van der Waals surface area contributed by atoms with E-state index >= 15 is 0 Å². The molecular weight excluding hydrogens is 246 g/mol. The first-order valence-electron chi connectivity index (χ1n) is 4.67. The molecule has 16 heavy (non-hydrogen) atoms. The van der Waals surface area contributed by atoms with Crippen LogP contribution in [0.3, 0.4) is 0 Å². The van der Waals surface area contributed by atoms with Gasteiger partial charge in [-0.1, -0.05) is 23.7 Å². The summed E-state index contributed by atoms with van der Waals surface area (Å²) in [7, 11) is 0. The molecule has 0 spiro atoms. The molecule has 1 aromatic carbocycles. The number of aliphatic hydroxyl groups is 1. The Morgan fingerprint density at radius 1 is 1.56 bits per heavy atom. The van der Waals surface area contributed by atoms with Crippen molar-refractivity contribution in [2.45, 2.75) is 13.5 Å². The summed E-state index contributed by atoms with van der Waals surface area (Å²) in [5.41, 5.74) is 1.73. The highest BCUT2D eigenvalue weighted by molar-refractivity contribution is 7.71. The maximum Gasteiger partial charge on any atom is 0.199 e. The van der Waals surface area contributed by atoms with E-state index in [4.69, 9.17) is 23.8 Å². The van der Waals surface area contributed by atoms with Crippen LogP contribution in [0.1, 0.15) is 11.4 Å². The highest BCUT2D eigenvalue weighted by Gasteiger charge is 2.12. The molecule has 0 saturated heterocycles. The Bertz CT molecular complexity index is 555. The van der Waals surface area contributed by atoms with E-state index in [-0.39, 0.29) is 6.61 Å². The van der Waals surface area contributed by atoms with E-state index in [1.165, 1.54) is 0 Å². The zero-order valence-electron chi connectivity index (χ0n) is 8.57. The number of hydrogen-bond acceptors (Lipinski definition) is 3. The molecule has 2 N–H and O–H groups in total. The molecule has 0 aliphatic carbocycles. The van der Waals surface area contributed by atoms with Gasteiger partial charge in [-0.05, 0) is 30.8 Å². The van der Waals surface area contributed by atoms with Crippen LogP contribution in [0, 0.1) is 11.7 Å². The van der Waals surface area contributed by atoms with E-state index in [1.54, 1.807) is 10.6 Å². The van der Waals surface area contributed by atoms with E-state index in [2.05, 4.69) is 10.2 Å². The van der Waals surface area contributed by atoms with Crippen LogP contribution in [0.15, 0.2) is 18.2 Å². The molecule has 1 aromatic heterocycles. The average molecular weight is 256 g/mol. The molecule has 2 rings (SSSR count). The first-order chi connectivity index (χ1) is 7.65. The lowest BCUT2D eigenvalue weighted by Gasteiger charge is -2.10. The van der Waals surface area contributed by atoms with Gasteiger partial charge in [0.15, 0.2) is 10.6 Å². The highest BCUT2D eigenvalue weighted by Crippen LogP contribution is 2.25. The number of halogens is 1. The van der Waals surface area contributed by atoms with Crippen molar-refractivity contribution in [2.75, 3.05) is 0 Å². The summed E-state index contributed by atoms with van der Waals surface area (Å²) in [6.07, 6.45) is 0. The summed E-state index contributed by atoms with van der Waals surface area (Å²) < 4.78 is 2.06. The maximum atomic E-state index is 9.18. The van der Waals surface area contributed by atoms with Crippen LogP contribution in [0.5, 0.6) is 0 Å². The van der Waals surface area contributed by atoms with E-state index in [0.29, 0.717) is 15.6 Å². The molecule has 0 bridgehead atoms. The zero-order chi connectivity index (χ0) is 11.7. The summed E-state index contributed by atoms with van der Waals surface area (Å²) in [6, 6.07) is 5.57. The monoisotopic (exact) mass is 255 g/mol. The van der Waals surface area contributed by atoms with E-state index in [0.717, 1.165) is 11.3 Å². The second-order valence-electron chi connectivity index (χ2n) is 3.34. The van der Waals surface area contributed by atoms with Gasteiger partial charge in [-0.15, -0.1) is 0 Å². The van der Waals surface area contributed by atoms with Crippen molar-refractivity contribution < 1.29 is 5.11 Å². The number of hydrogen-bond donors (Lipinski definition) is 2. The second kappa shape index (κ2) is 4.37. The van der Waals surface area contributed by atoms with Gasteiger partial charge in [0, 0.05) is 0 Å². The van der Waals surface area contributed by atoms with E-state index in [1.807, 2.05) is 19.1 Å². The number of aliphatic hydroxyl groups excluding tert-OH is 1. The number of para-hydroxylation sites is 1. The summed E-state index contributed by atoms with van der Waals surface area (Å²) >= 11 is 11.2. The van der Waals surface area contributed by atoms with Crippen LogP contribution < -0.4 is 0 Å². The standard InChI is InChI=1S/C10H10ClN3OS/c1-6-3-2-4-7(11)9(6)14-8(5-15)12-13-10(14)16/h2-4,15H,5H2,1H3,(H,13,16). The van der Waals surface area contributed by atoms with Crippen LogP contribution >= 0.6 is 23.8 Å². The molecule has 2 aromatic rings. The van der Waals surface area contributed by atoms with Gasteiger partial charge < -0.3 is 5.11 Å². The summed E-state index contributed by atoms with van der Waals surface area (Å²) in [5.74, 6) is 0.446. The number of nitrogens with zero attached hydrogens (tertiary/aromatic N) is 2. The molecule has 1 heterocycles. The quantitative estimate of drug-likeness (QED) is 0.811. The third kappa shape index (κ3) is 1.77.